The molecule has 28 heavy (non-hydrogen) atoms. The van der Waals surface area contributed by atoms with Gasteiger partial charge in [-0.1, -0.05) is 117 Å². The van der Waals surface area contributed by atoms with E-state index in [4.69, 9.17) is 4.74 Å². The summed E-state index contributed by atoms with van der Waals surface area (Å²) in [5, 5.41) is 0.964. The maximum absolute atomic E-state index is 7.34. The van der Waals surface area contributed by atoms with Crippen molar-refractivity contribution >= 4 is 31.9 Å². The molecule has 1 aliphatic carbocycles. The summed E-state index contributed by atoms with van der Waals surface area (Å²) in [6, 6.07) is 30.5. The third-order valence-corrected chi connectivity index (χ3v) is 9.28. The van der Waals surface area contributed by atoms with Crippen LogP contribution in [0.25, 0.3) is 0 Å². The molecule has 140 valence electrons. The number of ether oxygens (including phenoxy) is 1. The van der Waals surface area contributed by atoms with E-state index in [-0.39, 0.29) is 9.74 Å². The Labute approximate surface area is 182 Å². The van der Waals surface area contributed by atoms with Gasteiger partial charge in [0.25, 0.3) is 0 Å². The summed E-state index contributed by atoms with van der Waals surface area (Å²) in [6.45, 7) is 0. The van der Waals surface area contributed by atoms with Crippen LogP contribution in [0.4, 0.5) is 0 Å². The first-order chi connectivity index (χ1) is 13.7. The zero-order valence-corrected chi connectivity index (χ0v) is 18.5. The van der Waals surface area contributed by atoms with Gasteiger partial charge < -0.3 is 4.74 Å². The fourth-order valence-corrected chi connectivity index (χ4v) is 8.38. The normalized spacial score (nSPS) is 36.8. The standard InChI is InChI=1S/C25H20Br2O/c26-16-15-22-17-23(22,27)25(19-11-5-2-6-12-19)21-14-8-7-13-20(21)24(22,28-25)18-9-3-1-4-10-18/h1-14H,15-17H2/t22-,23-,24?,25?/m1/s1. The minimum Gasteiger partial charge on any atom is -0.347 e. The van der Waals surface area contributed by atoms with Crippen LogP contribution in [0.3, 0.4) is 0 Å². The van der Waals surface area contributed by atoms with Gasteiger partial charge in [0, 0.05) is 10.7 Å². The second-order valence-corrected chi connectivity index (χ2v) is 10.4. The summed E-state index contributed by atoms with van der Waals surface area (Å²) in [6.07, 6.45) is 2.17. The highest BCUT2D eigenvalue weighted by molar-refractivity contribution is 9.10. The molecule has 0 radical (unpaired) electrons. The molecule has 2 aliphatic heterocycles. The van der Waals surface area contributed by atoms with Crippen LogP contribution >= 0.6 is 31.9 Å². The highest BCUT2D eigenvalue weighted by Crippen LogP contribution is 2.90. The van der Waals surface area contributed by atoms with E-state index in [0.717, 1.165) is 18.2 Å². The maximum Gasteiger partial charge on any atom is 0.136 e. The highest BCUT2D eigenvalue weighted by atomic mass is 79.9. The Bertz CT molecular complexity index is 1070. The predicted molar refractivity (Wildman–Crippen MR) is 119 cm³/mol. The lowest BCUT2D eigenvalue weighted by atomic mass is 9.65. The maximum atomic E-state index is 7.34. The molecule has 4 atom stereocenters. The Hall–Kier alpha value is -1.42. The molecule has 1 nitrogen and oxygen atoms in total. The number of fused-ring (bicyclic) bond motifs is 8. The van der Waals surface area contributed by atoms with Gasteiger partial charge in [0.1, 0.15) is 11.2 Å². The molecular formula is C25H20Br2O. The number of rotatable bonds is 4. The van der Waals surface area contributed by atoms with Crippen LogP contribution in [0.1, 0.15) is 35.1 Å². The highest BCUT2D eigenvalue weighted by Gasteiger charge is 2.92. The van der Waals surface area contributed by atoms with Crippen molar-refractivity contribution in [3.8, 4) is 0 Å². The number of hydrogen-bond acceptors (Lipinski definition) is 1. The fourth-order valence-electron chi connectivity index (χ4n) is 6.23. The third kappa shape index (κ3) is 1.67. The van der Waals surface area contributed by atoms with Crippen molar-refractivity contribution in [2.75, 3.05) is 5.33 Å². The number of hydrogen-bond donors (Lipinski definition) is 0. The first-order valence-corrected chi connectivity index (χ1v) is 11.7. The molecule has 0 spiro atoms. The molecule has 0 N–H and O–H groups in total. The quantitative estimate of drug-likeness (QED) is 0.374. The second kappa shape index (κ2) is 5.59. The molecule has 3 aromatic rings. The van der Waals surface area contributed by atoms with Gasteiger partial charge in [-0.3, -0.25) is 0 Å². The summed E-state index contributed by atoms with van der Waals surface area (Å²) in [5.41, 5.74) is 4.27. The SMILES string of the molecule is BrCC[C@@]12C[C@]1(Br)C1(c3ccccc3)OC2(c2ccccc2)c2ccccc21. The van der Waals surface area contributed by atoms with E-state index in [0.29, 0.717) is 0 Å². The van der Waals surface area contributed by atoms with E-state index >= 15 is 0 Å². The summed E-state index contributed by atoms with van der Waals surface area (Å²) in [5.74, 6) is 0. The molecule has 0 amide bonds. The van der Waals surface area contributed by atoms with Crippen molar-refractivity contribution in [3.63, 3.8) is 0 Å². The van der Waals surface area contributed by atoms with Gasteiger partial charge in [-0.15, -0.1) is 0 Å². The van der Waals surface area contributed by atoms with Crippen molar-refractivity contribution in [2.24, 2.45) is 5.41 Å². The third-order valence-electron chi connectivity index (χ3n) is 7.28. The average Bonchev–Trinajstić information content (AvgIpc) is 3.18. The molecule has 1 saturated carbocycles. The Balaban J connectivity index is 1.74. The minimum absolute atomic E-state index is 0.0229. The monoisotopic (exact) mass is 494 g/mol. The predicted octanol–water partition coefficient (Wildman–Crippen LogP) is 6.53. The van der Waals surface area contributed by atoms with Crippen LogP contribution in [0.2, 0.25) is 0 Å². The largest absolute Gasteiger partial charge is 0.347 e. The van der Waals surface area contributed by atoms with Gasteiger partial charge in [0.15, 0.2) is 0 Å². The first-order valence-electron chi connectivity index (χ1n) is 9.82. The smallest absolute Gasteiger partial charge is 0.136 e. The molecule has 2 unspecified atom stereocenters. The molecule has 3 aliphatic rings. The lowest BCUT2D eigenvalue weighted by Crippen LogP contribution is -2.41. The Morgan fingerprint density at radius 1 is 0.714 bits per heavy atom. The van der Waals surface area contributed by atoms with Crippen molar-refractivity contribution in [2.45, 2.75) is 28.4 Å². The Morgan fingerprint density at radius 3 is 1.79 bits per heavy atom. The van der Waals surface area contributed by atoms with Crippen LogP contribution in [-0.2, 0) is 15.9 Å². The zero-order chi connectivity index (χ0) is 19.0. The Kier molecular flexibility index (Phi) is 3.48. The van der Waals surface area contributed by atoms with E-state index in [9.17, 15) is 0 Å². The van der Waals surface area contributed by atoms with E-state index < -0.39 is 11.2 Å². The van der Waals surface area contributed by atoms with Crippen molar-refractivity contribution in [1.29, 1.82) is 0 Å². The van der Waals surface area contributed by atoms with Gasteiger partial charge >= 0.3 is 0 Å². The molecule has 1 saturated heterocycles. The average molecular weight is 496 g/mol. The fraction of sp³-hybridized carbons (Fsp3) is 0.280. The molecule has 0 aromatic heterocycles. The topological polar surface area (TPSA) is 9.23 Å². The first kappa shape index (κ1) is 17.4. The van der Waals surface area contributed by atoms with Crippen LogP contribution in [0.5, 0.6) is 0 Å². The lowest BCUT2D eigenvalue weighted by Gasteiger charge is -2.38. The summed E-state index contributed by atoms with van der Waals surface area (Å²) in [4.78, 5) is 0. The van der Waals surface area contributed by atoms with Crippen molar-refractivity contribution in [3.05, 3.63) is 107 Å². The minimum atomic E-state index is -0.469. The summed E-state index contributed by atoms with van der Waals surface area (Å²) < 4.78 is 7.24. The summed E-state index contributed by atoms with van der Waals surface area (Å²) >= 11 is 8.03. The molecule has 2 fully saturated rings. The number of alkyl halides is 2. The summed E-state index contributed by atoms with van der Waals surface area (Å²) in [7, 11) is 0. The second-order valence-electron chi connectivity index (χ2n) is 8.24. The van der Waals surface area contributed by atoms with Gasteiger partial charge in [-0.25, -0.2) is 0 Å². The molecule has 2 heterocycles. The molecule has 3 heteroatoms. The number of benzene rings is 3. The van der Waals surface area contributed by atoms with Gasteiger partial charge in [0.05, 0.1) is 4.32 Å². The molecule has 2 bridgehead atoms. The number of halogens is 2. The molecular weight excluding hydrogens is 476 g/mol. The van der Waals surface area contributed by atoms with Crippen LogP contribution in [-0.4, -0.2) is 9.65 Å². The van der Waals surface area contributed by atoms with Gasteiger partial charge in [-0.05, 0) is 35.1 Å². The lowest BCUT2D eigenvalue weighted by molar-refractivity contribution is -0.0843. The Morgan fingerprint density at radius 2 is 1.21 bits per heavy atom. The van der Waals surface area contributed by atoms with Crippen LogP contribution in [0.15, 0.2) is 84.9 Å². The van der Waals surface area contributed by atoms with Crippen molar-refractivity contribution in [1.82, 2.24) is 0 Å². The van der Waals surface area contributed by atoms with Gasteiger partial charge in [0.2, 0.25) is 0 Å². The van der Waals surface area contributed by atoms with E-state index in [1.54, 1.807) is 0 Å². The van der Waals surface area contributed by atoms with Crippen LogP contribution in [0, 0.1) is 5.41 Å². The van der Waals surface area contributed by atoms with E-state index in [2.05, 4.69) is 117 Å². The van der Waals surface area contributed by atoms with E-state index in [1.165, 1.54) is 22.3 Å². The molecule has 6 rings (SSSR count). The zero-order valence-electron chi connectivity index (χ0n) is 15.4. The van der Waals surface area contributed by atoms with Crippen LogP contribution < -0.4 is 0 Å². The molecule has 3 aromatic carbocycles. The van der Waals surface area contributed by atoms with Gasteiger partial charge in [-0.2, -0.15) is 0 Å². The van der Waals surface area contributed by atoms with Crippen molar-refractivity contribution < 1.29 is 4.74 Å². The van der Waals surface area contributed by atoms with E-state index in [1.807, 2.05) is 0 Å².